The van der Waals surface area contributed by atoms with Gasteiger partial charge >= 0.3 is 5.97 Å². The number of amides is 2. The molecule has 0 unspecified atom stereocenters. The lowest BCUT2D eigenvalue weighted by molar-refractivity contribution is -0.116. The first-order valence-corrected chi connectivity index (χ1v) is 8.30. The fraction of sp³-hybridized carbons (Fsp3) is 0.211. The van der Waals surface area contributed by atoms with E-state index < -0.39 is 5.97 Å². The van der Waals surface area contributed by atoms with Gasteiger partial charge in [0, 0.05) is 36.3 Å². The summed E-state index contributed by atoms with van der Waals surface area (Å²) < 4.78 is 4.69. The number of esters is 1. The molecule has 0 radical (unpaired) electrons. The smallest absolute Gasteiger partial charge is 0.337 e. The molecule has 0 aliphatic heterocycles. The molecule has 0 spiro atoms. The number of anilines is 1. The molecule has 0 aliphatic carbocycles. The van der Waals surface area contributed by atoms with Crippen molar-refractivity contribution < 1.29 is 19.1 Å². The van der Waals surface area contributed by atoms with Crippen LogP contribution in [0.2, 0.25) is 5.02 Å². The van der Waals surface area contributed by atoms with Crippen molar-refractivity contribution in [3.05, 3.63) is 64.7 Å². The van der Waals surface area contributed by atoms with Crippen LogP contribution in [0.4, 0.5) is 5.69 Å². The first-order valence-electron chi connectivity index (χ1n) is 7.92. The highest BCUT2D eigenvalue weighted by Gasteiger charge is 2.15. The molecule has 2 rings (SSSR count). The molecule has 0 heterocycles. The molecule has 0 fully saturated rings. The van der Waals surface area contributed by atoms with Crippen LogP contribution in [0.1, 0.15) is 27.6 Å². The van der Waals surface area contributed by atoms with Crippen molar-refractivity contribution in [1.29, 1.82) is 0 Å². The number of hydrogen-bond acceptors (Lipinski definition) is 4. The fourth-order valence-corrected chi connectivity index (χ4v) is 2.59. The number of hydrogen-bond donors (Lipinski definition) is 1. The lowest BCUT2D eigenvalue weighted by Crippen LogP contribution is -2.37. The molecule has 0 saturated heterocycles. The highest BCUT2D eigenvalue weighted by Crippen LogP contribution is 2.17. The maximum Gasteiger partial charge on any atom is 0.337 e. The Bertz CT molecular complexity index is 823. The summed E-state index contributed by atoms with van der Waals surface area (Å²) in [6.07, 6.45) is 0. The van der Waals surface area contributed by atoms with Gasteiger partial charge in [-0.15, -0.1) is 0 Å². The normalized spacial score (nSPS) is 10.1. The highest BCUT2D eigenvalue weighted by atomic mass is 35.5. The summed E-state index contributed by atoms with van der Waals surface area (Å²) in [6, 6.07) is 13.2. The van der Waals surface area contributed by atoms with E-state index in [1.807, 2.05) is 0 Å². The van der Waals surface area contributed by atoms with Crippen LogP contribution in [0.5, 0.6) is 0 Å². The Morgan fingerprint density at radius 2 is 1.77 bits per heavy atom. The van der Waals surface area contributed by atoms with Crippen molar-refractivity contribution in [1.82, 2.24) is 5.32 Å². The lowest BCUT2D eigenvalue weighted by atomic mass is 10.2. The zero-order valence-corrected chi connectivity index (χ0v) is 15.2. The molecule has 0 aliphatic rings. The first kappa shape index (κ1) is 19.5. The Morgan fingerprint density at radius 1 is 1.08 bits per heavy atom. The second kappa shape index (κ2) is 9.01. The molecule has 0 bridgehead atoms. The third-order valence-electron chi connectivity index (χ3n) is 3.67. The number of carbonyl (C=O) groups is 3. The maximum absolute atomic E-state index is 12.1. The van der Waals surface area contributed by atoms with Crippen LogP contribution in [0.25, 0.3) is 0 Å². The molecular formula is C19H19ClN2O4. The van der Waals surface area contributed by atoms with E-state index in [0.29, 0.717) is 21.8 Å². The number of nitrogens with zero attached hydrogens (tertiary/aromatic N) is 1. The Kier molecular flexibility index (Phi) is 6.74. The van der Waals surface area contributed by atoms with Crippen LogP contribution < -0.4 is 10.2 Å². The summed E-state index contributed by atoms with van der Waals surface area (Å²) in [5.74, 6) is -0.965. The van der Waals surface area contributed by atoms with Gasteiger partial charge in [-0.1, -0.05) is 23.7 Å². The van der Waals surface area contributed by atoms with Crippen LogP contribution in [-0.2, 0) is 9.53 Å². The third kappa shape index (κ3) is 5.07. The van der Waals surface area contributed by atoms with Crippen molar-refractivity contribution in [2.24, 2.45) is 0 Å². The molecule has 2 aromatic carbocycles. The van der Waals surface area contributed by atoms with Crippen LogP contribution in [0, 0.1) is 0 Å². The minimum atomic E-state index is -0.482. The number of rotatable bonds is 6. The topological polar surface area (TPSA) is 75.7 Å². The molecule has 0 atom stereocenters. The summed E-state index contributed by atoms with van der Waals surface area (Å²) in [5.41, 5.74) is 1.34. The monoisotopic (exact) mass is 374 g/mol. The molecule has 1 N–H and O–H groups in total. The van der Waals surface area contributed by atoms with Gasteiger partial charge in [0.1, 0.15) is 0 Å². The summed E-state index contributed by atoms with van der Waals surface area (Å²) >= 11 is 5.88. The van der Waals surface area contributed by atoms with Crippen molar-refractivity contribution in [2.75, 3.05) is 25.1 Å². The Hall–Kier alpha value is -2.86. The molecule has 0 saturated carbocycles. The van der Waals surface area contributed by atoms with Gasteiger partial charge < -0.3 is 15.0 Å². The number of methoxy groups -OCH3 is 1. The minimum absolute atomic E-state index is 0.205. The van der Waals surface area contributed by atoms with E-state index in [-0.39, 0.29) is 24.9 Å². The van der Waals surface area contributed by atoms with Crippen molar-refractivity contribution in [3.8, 4) is 0 Å². The van der Waals surface area contributed by atoms with Crippen molar-refractivity contribution >= 4 is 35.1 Å². The average Bonchev–Trinajstić information content (AvgIpc) is 2.64. The van der Waals surface area contributed by atoms with Gasteiger partial charge in [0.25, 0.3) is 5.91 Å². The largest absolute Gasteiger partial charge is 0.465 e. The first-order chi connectivity index (χ1) is 12.4. The molecule has 0 aromatic heterocycles. The second-order valence-electron chi connectivity index (χ2n) is 5.48. The second-order valence-corrected chi connectivity index (χ2v) is 5.92. The Labute approximate surface area is 156 Å². The van der Waals surface area contributed by atoms with Crippen LogP contribution in [0.15, 0.2) is 48.5 Å². The Morgan fingerprint density at radius 3 is 2.42 bits per heavy atom. The van der Waals surface area contributed by atoms with E-state index in [9.17, 15) is 14.4 Å². The van der Waals surface area contributed by atoms with Gasteiger partial charge in [-0.3, -0.25) is 9.59 Å². The summed E-state index contributed by atoms with van der Waals surface area (Å²) in [5, 5.41) is 3.22. The molecule has 2 aromatic rings. The van der Waals surface area contributed by atoms with Gasteiger partial charge in [-0.2, -0.15) is 0 Å². The fourth-order valence-electron chi connectivity index (χ4n) is 2.40. The molecule has 6 nitrogen and oxygen atoms in total. The highest BCUT2D eigenvalue weighted by molar-refractivity contribution is 6.30. The Balaban J connectivity index is 2.04. The standard InChI is InChI=1S/C19H19ClN2O4/c1-13(23)22(17-8-4-6-15(12-17)19(25)26-2)10-9-21-18(24)14-5-3-7-16(20)11-14/h3-8,11-12H,9-10H2,1-2H3,(H,21,24). The van der Waals surface area contributed by atoms with Gasteiger partial charge in [-0.25, -0.2) is 4.79 Å². The summed E-state index contributed by atoms with van der Waals surface area (Å²) in [6.45, 7) is 1.92. The van der Waals surface area contributed by atoms with E-state index in [0.717, 1.165) is 0 Å². The van der Waals surface area contributed by atoms with E-state index >= 15 is 0 Å². The number of halogens is 1. The predicted octanol–water partition coefficient (Wildman–Crippen LogP) is 2.91. The number of carbonyl (C=O) groups excluding carboxylic acids is 3. The molecular weight excluding hydrogens is 356 g/mol. The molecule has 7 heteroatoms. The maximum atomic E-state index is 12.1. The minimum Gasteiger partial charge on any atom is -0.465 e. The van der Waals surface area contributed by atoms with Crippen molar-refractivity contribution in [2.45, 2.75) is 6.92 Å². The van der Waals surface area contributed by atoms with E-state index in [1.54, 1.807) is 48.5 Å². The number of ether oxygens (including phenoxy) is 1. The summed E-state index contributed by atoms with van der Waals surface area (Å²) in [4.78, 5) is 37.2. The van der Waals surface area contributed by atoms with Crippen LogP contribution in [-0.4, -0.2) is 38.0 Å². The zero-order chi connectivity index (χ0) is 19.1. The third-order valence-corrected chi connectivity index (χ3v) is 3.90. The number of nitrogens with one attached hydrogen (secondary N) is 1. The SMILES string of the molecule is COC(=O)c1cccc(N(CCNC(=O)c2cccc(Cl)c2)C(C)=O)c1. The molecule has 136 valence electrons. The van der Waals surface area contributed by atoms with Crippen molar-refractivity contribution in [3.63, 3.8) is 0 Å². The lowest BCUT2D eigenvalue weighted by Gasteiger charge is -2.22. The van der Waals surface area contributed by atoms with Gasteiger partial charge in [0.15, 0.2) is 0 Å². The predicted molar refractivity (Wildman–Crippen MR) is 99.6 cm³/mol. The van der Waals surface area contributed by atoms with Crippen LogP contribution in [0.3, 0.4) is 0 Å². The zero-order valence-electron chi connectivity index (χ0n) is 14.5. The average molecular weight is 375 g/mol. The van der Waals surface area contributed by atoms with E-state index in [4.69, 9.17) is 16.3 Å². The summed E-state index contributed by atoms with van der Waals surface area (Å²) in [7, 11) is 1.29. The number of benzene rings is 2. The molecule has 26 heavy (non-hydrogen) atoms. The van der Waals surface area contributed by atoms with Gasteiger partial charge in [0.05, 0.1) is 12.7 Å². The van der Waals surface area contributed by atoms with E-state index in [1.165, 1.54) is 18.9 Å². The quantitative estimate of drug-likeness (QED) is 0.789. The molecule has 2 amide bonds. The van der Waals surface area contributed by atoms with Gasteiger partial charge in [0.2, 0.25) is 5.91 Å². The van der Waals surface area contributed by atoms with Crippen LogP contribution >= 0.6 is 11.6 Å². The van der Waals surface area contributed by atoms with E-state index in [2.05, 4.69) is 5.32 Å². The van der Waals surface area contributed by atoms with Gasteiger partial charge in [-0.05, 0) is 36.4 Å².